The fraction of sp³-hybridized carbons (Fsp3) is 0.800. The Balaban J connectivity index is 3.71. The maximum atomic E-state index is 11.9. The molecule has 0 aliphatic heterocycles. The number of urea groups is 1. The molecule has 0 aromatic rings. The number of hydrogen-bond acceptors (Lipinski definition) is 1. The molecule has 0 aliphatic rings. The molecule has 0 spiro atoms. The number of primary amides is 1. The molecule has 0 fully saturated rings. The molecule has 4 heteroatoms. The van der Waals surface area contributed by atoms with Crippen molar-refractivity contribution in [2.45, 2.75) is 19.4 Å². The van der Waals surface area contributed by atoms with E-state index < -0.39 is 18.2 Å². The molecule has 3 nitrogen and oxygen atoms in total. The van der Waals surface area contributed by atoms with E-state index in [-0.39, 0.29) is 0 Å². The summed E-state index contributed by atoms with van der Waals surface area (Å²) >= 11 is 0. The van der Waals surface area contributed by atoms with Gasteiger partial charge in [0, 0.05) is 0 Å². The van der Waals surface area contributed by atoms with Gasteiger partial charge in [0.2, 0.25) is 0 Å². The standard InChI is InChI=1S/C5H11FN2O/c1-5(2,3-6)8-4(7)9/h3H2,1-2H3,(H3,7,8,9). The molecule has 0 rings (SSSR count). The Morgan fingerprint density at radius 1 is 1.78 bits per heavy atom. The highest BCUT2D eigenvalue weighted by Gasteiger charge is 2.17. The van der Waals surface area contributed by atoms with Gasteiger partial charge in [-0.2, -0.15) is 0 Å². The minimum atomic E-state index is -0.828. The summed E-state index contributed by atoms with van der Waals surface area (Å²) in [6.45, 7) is 2.49. The van der Waals surface area contributed by atoms with E-state index in [9.17, 15) is 9.18 Å². The maximum absolute atomic E-state index is 11.9. The first-order valence-electron chi connectivity index (χ1n) is 2.61. The van der Waals surface area contributed by atoms with Gasteiger partial charge in [0.25, 0.3) is 0 Å². The molecular formula is C5H11FN2O. The number of carbonyl (C=O) groups excluding carboxylic acids is 1. The van der Waals surface area contributed by atoms with Crippen molar-refractivity contribution in [3.63, 3.8) is 0 Å². The minimum Gasteiger partial charge on any atom is -0.352 e. The molecular weight excluding hydrogens is 123 g/mol. The van der Waals surface area contributed by atoms with Crippen LogP contribution in [-0.2, 0) is 0 Å². The van der Waals surface area contributed by atoms with Gasteiger partial charge in [-0.1, -0.05) is 0 Å². The quantitative estimate of drug-likeness (QED) is 0.564. The van der Waals surface area contributed by atoms with Gasteiger partial charge in [0.1, 0.15) is 6.67 Å². The normalized spacial score (nSPS) is 11.0. The molecule has 0 atom stereocenters. The molecule has 0 aromatic heterocycles. The number of carbonyl (C=O) groups is 1. The summed E-state index contributed by atoms with van der Waals surface area (Å²) in [4.78, 5) is 10.1. The number of alkyl halides is 1. The number of nitrogens with one attached hydrogen (secondary N) is 1. The van der Waals surface area contributed by atoms with E-state index >= 15 is 0 Å². The highest BCUT2D eigenvalue weighted by Crippen LogP contribution is 2.00. The van der Waals surface area contributed by atoms with Crippen LogP contribution in [0, 0.1) is 0 Å². The van der Waals surface area contributed by atoms with Gasteiger partial charge < -0.3 is 11.1 Å². The lowest BCUT2D eigenvalue weighted by atomic mass is 10.1. The van der Waals surface area contributed by atoms with Gasteiger partial charge in [0.15, 0.2) is 0 Å². The molecule has 2 amide bonds. The lowest BCUT2D eigenvalue weighted by Crippen LogP contribution is -2.47. The Bertz CT molecular complexity index is 114. The summed E-state index contributed by atoms with van der Waals surface area (Å²) in [5, 5.41) is 2.23. The van der Waals surface area contributed by atoms with Crippen LogP contribution in [0.2, 0.25) is 0 Å². The van der Waals surface area contributed by atoms with Crippen molar-refractivity contribution in [3.05, 3.63) is 0 Å². The number of halogens is 1. The second-order valence-corrected chi connectivity index (χ2v) is 2.51. The Labute approximate surface area is 53.4 Å². The first-order valence-corrected chi connectivity index (χ1v) is 2.61. The molecule has 0 radical (unpaired) electrons. The zero-order chi connectivity index (χ0) is 7.49. The van der Waals surface area contributed by atoms with Crippen LogP contribution in [0.3, 0.4) is 0 Å². The van der Waals surface area contributed by atoms with Crippen molar-refractivity contribution < 1.29 is 9.18 Å². The summed E-state index contributed by atoms with van der Waals surface area (Å²) in [5.41, 5.74) is 3.91. The second-order valence-electron chi connectivity index (χ2n) is 2.51. The van der Waals surface area contributed by atoms with Gasteiger partial charge in [-0.05, 0) is 13.8 Å². The van der Waals surface area contributed by atoms with Gasteiger partial charge in [0.05, 0.1) is 5.54 Å². The van der Waals surface area contributed by atoms with Crippen LogP contribution in [0.25, 0.3) is 0 Å². The SMILES string of the molecule is CC(C)(CF)NC(N)=O. The van der Waals surface area contributed by atoms with Crippen molar-refractivity contribution in [2.24, 2.45) is 5.73 Å². The summed E-state index contributed by atoms with van der Waals surface area (Å²) in [5.74, 6) is 0. The predicted octanol–water partition coefficient (Wildman–Crippen LogP) is 0.403. The third-order valence-corrected chi connectivity index (χ3v) is 0.796. The molecule has 9 heavy (non-hydrogen) atoms. The van der Waals surface area contributed by atoms with Crippen LogP contribution < -0.4 is 11.1 Å². The van der Waals surface area contributed by atoms with Crippen LogP contribution in [0.4, 0.5) is 9.18 Å². The molecule has 54 valence electrons. The first-order chi connectivity index (χ1) is 3.98. The van der Waals surface area contributed by atoms with Crippen molar-refractivity contribution in [2.75, 3.05) is 6.67 Å². The van der Waals surface area contributed by atoms with E-state index in [0.29, 0.717) is 0 Å². The second kappa shape index (κ2) is 2.66. The lowest BCUT2D eigenvalue weighted by molar-refractivity contribution is 0.228. The van der Waals surface area contributed by atoms with Crippen molar-refractivity contribution in [3.8, 4) is 0 Å². The summed E-state index contributed by atoms with van der Waals surface area (Å²) in [7, 11) is 0. The van der Waals surface area contributed by atoms with Gasteiger partial charge in [-0.15, -0.1) is 0 Å². The van der Waals surface area contributed by atoms with E-state index in [2.05, 4.69) is 5.32 Å². The zero-order valence-electron chi connectivity index (χ0n) is 5.57. The molecule has 0 saturated carbocycles. The Morgan fingerprint density at radius 3 is 2.33 bits per heavy atom. The fourth-order valence-corrected chi connectivity index (χ4v) is 0.367. The average molecular weight is 134 g/mol. The van der Waals surface area contributed by atoms with E-state index in [1.807, 2.05) is 0 Å². The van der Waals surface area contributed by atoms with Crippen molar-refractivity contribution >= 4 is 6.03 Å². The molecule has 0 aromatic carbocycles. The molecule has 0 heterocycles. The number of hydrogen-bond donors (Lipinski definition) is 2. The highest BCUT2D eigenvalue weighted by atomic mass is 19.1. The lowest BCUT2D eigenvalue weighted by Gasteiger charge is -2.20. The van der Waals surface area contributed by atoms with E-state index in [4.69, 9.17) is 5.73 Å². The Morgan fingerprint density at radius 2 is 2.22 bits per heavy atom. The number of rotatable bonds is 2. The summed E-state index contributed by atoms with van der Waals surface area (Å²) in [6.07, 6.45) is 0. The van der Waals surface area contributed by atoms with Crippen molar-refractivity contribution in [1.29, 1.82) is 0 Å². The van der Waals surface area contributed by atoms with Crippen LogP contribution in [0.15, 0.2) is 0 Å². The summed E-state index contributed by atoms with van der Waals surface area (Å²) < 4.78 is 11.9. The smallest absolute Gasteiger partial charge is 0.312 e. The zero-order valence-corrected chi connectivity index (χ0v) is 5.57. The van der Waals surface area contributed by atoms with Crippen LogP contribution in [0.5, 0.6) is 0 Å². The fourth-order valence-electron chi connectivity index (χ4n) is 0.367. The van der Waals surface area contributed by atoms with E-state index in [1.165, 1.54) is 0 Å². The number of amides is 2. The highest BCUT2D eigenvalue weighted by molar-refractivity contribution is 5.72. The van der Waals surface area contributed by atoms with E-state index in [0.717, 1.165) is 0 Å². The van der Waals surface area contributed by atoms with Gasteiger partial charge in [-0.25, -0.2) is 9.18 Å². The van der Waals surface area contributed by atoms with Crippen molar-refractivity contribution in [1.82, 2.24) is 5.32 Å². The molecule has 0 saturated heterocycles. The predicted molar refractivity (Wildman–Crippen MR) is 32.8 cm³/mol. The Hall–Kier alpha value is -0.800. The van der Waals surface area contributed by atoms with Crippen LogP contribution in [-0.4, -0.2) is 18.2 Å². The first kappa shape index (κ1) is 8.20. The minimum absolute atomic E-state index is 0.615. The topological polar surface area (TPSA) is 55.1 Å². The maximum Gasteiger partial charge on any atom is 0.312 e. The molecule has 0 unspecified atom stereocenters. The third-order valence-electron chi connectivity index (χ3n) is 0.796. The number of nitrogens with two attached hydrogens (primary N) is 1. The third kappa shape index (κ3) is 3.76. The van der Waals surface area contributed by atoms with Gasteiger partial charge >= 0.3 is 6.03 Å². The molecule has 0 aliphatic carbocycles. The average Bonchev–Trinajstić information content (AvgIpc) is 1.63. The molecule has 3 N–H and O–H groups in total. The molecule has 0 bridgehead atoms. The monoisotopic (exact) mass is 134 g/mol. The Kier molecular flexibility index (Phi) is 2.42. The van der Waals surface area contributed by atoms with Crippen LogP contribution >= 0.6 is 0 Å². The van der Waals surface area contributed by atoms with E-state index in [1.54, 1.807) is 13.8 Å². The van der Waals surface area contributed by atoms with Gasteiger partial charge in [-0.3, -0.25) is 0 Å². The summed E-state index contributed by atoms with van der Waals surface area (Å²) in [6, 6.07) is -0.697. The largest absolute Gasteiger partial charge is 0.352 e. The van der Waals surface area contributed by atoms with Crippen LogP contribution in [0.1, 0.15) is 13.8 Å².